The molecule has 1 atom stereocenters. The van der Waals surface area contributed by atoms with Crippen molar-refractivity contribution in [2.24, 2.45) is 5.73 Å². The molecule has 0 bridgehead atoms. The van der Waals surface area contributed by atoms with Crippen molar-refractivity contribution in [3.63, 3.8) is 0 Å². The van der Waals surface area contributed by atoms with Crippen molar-refractivity contribution >= 4 is 0 Å². The summed E-state index contributed by atoms with van der Waals surface area (Å²) in [5, 5.41) is 0. The Bertz CT molecular complexity index is 341. The van der Waals surface area contributed by atoms with E-state index in [0.29, 0.717) is 6.04 Å². The van der Waals surface area contributed by atoms with Gasteiger partial charge in [-0.2, -0.15) is 0 Å². The molecule has 0 aliphatic carbocycles. The van der Waals surface area contributed by atoms with Crippen LogP contribution in [-0.2, 0) is 6.54 Å². The van der Waals surface area contributed by atoms with E-state index in [9.17, 15) is 0 Å². The van der Waals surface area contributed by atoms with Crippen LogP contribution in [0.5, 0.6) is 5.75 Å². The van der Waals surface area contributed by atoms with Gasteiger partial charge >= 0.3 is 0 Å². The molecular formula is C15H26N2O. The van der Waals surface area contributed by atoms with Crippen LogP contribution in [0.3, 0.4) is 0 Å². The number of likely N-dealkylation sites (N-methyl/N-ethyl adjacent to an activating group) is 1. The maximum absolute atomic E-state index is 5.86. The molecule has 1 rings (SSSR count). The number of rotatable bonds is 8. The maximum Gasteiger partial charge on any atom is 0.119 e. The molecule has 0 aliphatic rings. The van der Waals surface area contributed by atoms with E-state index in [0.717, 1.165) is 18.8 Å². The van der Waals surface area contributed by atoms with Crippen LogP contribution in [0.4, 0.5) is 0 Å². The lowest BCUT2D eigenvalue weighted by Gasteiger charge is -2.27. The molecule has 102 valence electrons. The average molecular weight is 250 g/mol. The molecule has 1 aromatic rings. The van der Waals surface area contributed by atoms with Crippen LogP contribution < -0.4 is 10.5 Å². The average Bonchev–Trinajstić information content (AvgIpc) is 2.40. The normalized spacial score (nSPS) is 12.7. The summed E-state index contributed by atoms with van der Waals surface area (Å²) in [4.78, 5) is 2.34. The molecular weight excluding hydrogens is 224 g/mol. The lowest BCUT2D eigenvalue weighted by Crippen LogP contribution is -2.37. The fourth-order valence-electron chi connectivity index (χ4n) is 2.15. The Kier molecular flexibility index (Phi) is 6.76. The topological polar surface area (TPSA) is 38.5 Å². The van der Waals surface area contributed by atoms with Gasteiger partial charge in [0.1, 0.15) is 5.75 Å². The van der Waals surface area contributed by atoms with E-state index in [4.69, 9.17) is 10.5 Å². The quantitative estimate of drug-likeness (QED) is 0.771. The fraction of sp³-hybridized carbons (Fsp3) is 0.600. The number of ether oxygens (including phenoxy) is 1. The Morgan fingerprint density at radius 2 is 2.17 bits per heavy atom. The minimum absolute atomic E-state index is 0.469. The largest absolute Gasteiger partial charge is 0.497 e. The molecule has 0 amide bonds. The molecule has 0 spiro atoms. The fourth-order valence-corrected chi connectivity index (χ4v) is 2.15. The zero-order valence-corrected chi connectivity index (χ0v) is 11.9. The van der Waals surface area contributed by atoms with E-state index >= 15 is 0 Å². The Morgan fingerprint density at radius 1 is 1.39 bits per heavy atom. The number of unbranched alkanes of at least 4 members (excludes halogenated alkanes) is 1. The van der Waals surface area contributed by atoms with E-state index in [2.05, 4.69) is 31.0 Å². The summed E-state index contributed by atoms with van der Waals surface area (Å²) in [6.07, 6.45) is 3.64. The molecule has 3 heteroatoms. The second-order valence-corrected chi connectivity index (χ2v) is 4.80. The third-order valence-corrected chi connectivity index (χ3v) is 3.35. The molecule has 1 aromatic carbocycles. The molecule has 0 heterocycles. The predicted molar refractivity (Wildman–Crippen MR) is 76.8 cm³/mol. The van der Waals surface area contributed by atoms with Crippen molar-refractivity contribution in [3.05, 3.63) is 29.8 Å². The van der Waals surface area contributed by atoms with Gasteiger partial charge in [-0.05, 0) is 31.2 Å². The Morgan fingerprint density at radius 3 is 2.78 bits per heavy atom. The molecule has 0 aromatic heterocycles. The van der Waals surface area contributed by atoms with Crippen LogP contribution in [-0.4, -0.2) is 31.6 Å². The number of nitrogens with two attached hydrogens (primary N) is 1. The highest BCUT2D eigenvalue weighted by Crippen LogP contribution is 2.16. The van der Waals surface area contributed by atoms with Crippen molar-refractivity contribution in [2.75, 3.05) is 20.7 Å². The SMILES string of the molecule is CCCCC(CN)N(C)Cc1cccc(OC)c1. The highest BCUT2D eigenvalue weighted by molar-refractivity contribution is 5.28. The molecule has 0 saturated carbocycles. The van der Waals surface area contributed by atoms with Crippen LogP contribution in [0.2, 0.25) is 0 Å². The molecule has 0 aliphatic heterocycles. The monoisotopic (exact) mass is 250 g/mol. The molecule has 1 unspecified atom stereocenters. The van der Waals surface area contributed by atoms with Gasteiger partial charge in [0.05, 0.1) is 7.11 Å². The standard InChI is InChI=1S/C15H26N2O/c1-4-5-8-14(11-16)17(2)12-13-7-6-9-15(10-13)18-3/h6-7,9-10,14H,4-5,8,11-12,16H2,1-3H3. The minimum atomic E-state index is 0.469. The summed E-state index contributed by atoms with van der Waals surface area (Å²) in [6.45, 7) is 3.86. The third-order valence-electron chi connectivity index (χ3n) is 3.35. The molecule has 0 radical (unpaired) electrons. The Labute approximate surface area is 111 Å². The van der Waals surface area contributed by atoms with Crippen LogP contribution in [0.15, 0.2) is 24.3 Å². The zero-order chi connectivity index (χ0) is 13.4. The Hall–Kier alpha value is -1.06. The van der Waals surface area contributed by atoms with Crippen molar-refractivity contribution in [2.45, 2.75) is 38.8 Å². The number of hydrogen-bond donors (Lipinski definition) is 1. The lowest BCUT2D eigenvalue weighted by molar-refractivity contribution is 0.223. The molecule has 18 heavy (non-hydrogen) atoms. The highest BCUT2D eigenvalue weighted by Gasteiger charge is 2.12. The Balaban J connectivity index is 2.58. The van der Waals surface area contributed by atoms with Gasteiger partial charge in [0.25, 0.3) is 0 Å². The van der Waals surface area contributed by atoms with Gasteiger partial charge in [0.2, 0.25) is 0 Å². The first-order valence-corrected chi connectivity index (χ1v) is 6.74. The summed E-state index contributed by atoms with van der Waals surface area (Å²) in [5.74, 6) is 0.916. The maximum atomic E-state index is 5.86. The minimum Gasteiger partial charge on any atom is -0.497 e. The van der Waals surface area contributed by atoms with E-state index in [1.807, 2.05) is 12.1 Å². The first kappa shape index (κ1) is 15.0. The summed E-state index contributed by atoms with van der Waals surface area (Å²) < 4.78 is 5.24. The van der Waals surface area contributed by atoms with Gasteiger partial charge in [-0.15, -0.1) is 0 Å². The first-order valence-electron chi connectivity index (χ1n) is 6.74. The van der Waals surface area contributed by atoms with Crippen LogP contribution in [0.25, 0.3) is 0 Å². The van der Waals surface area contributed by atoms with Crippen molar-refractivity contribution in [3.8, 4) is 5.75 Å². The number of nitrogens with zero attached hydrogens (tertiary/aromatic N) is 1. The second kappa shape index (κ2) is 8.11. The smallest absolute Gasteiger partial charge is 0.119 e. The lowest BCUT2D eigenvalue weighted by atomic mass is 10.1. The van der Waals surface area contributed by atoms with Crippen molar-refractivity contribution in [1.82, 2.24) is 4.90 Å². The molecule has 0 saturated heterocycles. The zero-order valence-electron chi connectivity index (χ0n) is 11.9. The highest BCUT2D eigenvalue weighted by atomic mass is 16.5. The van der Waals surface area contributed by atoms with Crippen LogP contribution in [0.1, 0.15) is 31.7 Å². The van der Waals surface area contributed by atoms with Crippen molar-refractivity contribution in [1.29, 1.82) is 0 Å². The molecule has 0 fully saturated rings. The number of hydrogen-bond acceptors (Lipinski definition) is 3. The van der Waals surface area contributed by atoms with Gasteiger partial charge in [-0.25, -0.2) is 0 Å². The van der Waals surface area contributed by atoms with Crippen LogP contribution >= 0.6 is 0 Å². The van der Waals surface area contributed by atoms with E-state index in [1.165, 1.54) is 24.8 Å². The van der Waals surface area contributed by atoms with E-state index in [1.54, 1.807) is 7.11 Å². The molecule has 2 N–H and O–H groups in total. The van der Waals surface area contributed by atoms with Gasteiger partial charge in [-0.3, -0.25) is 4.90 Å². The van der Waals surface area contributed by atoms with Gasteiger partial charge in [0, 0.05) is 19.1 Å². The second-order valence-electron chi connectivity index (χ2n) is 4.80. The first-order chi connectivity index (χ1) is 8.71. The predicted octanol–water partition coefficient (Wildman–Crippen LogP) is 2.64. The third kappa shape index (κ3) is 4.67. The summed E-state index contributed by atoms with van der Waals surface area (Å²) in [6, 6.07) is 8.69. The molecule has 3 nitrogen and oxygen atoms in total. The van der Waals surface area contributed by atoms with Gasteiger partial charge in [0.15, 0.2) is 0 Å². The van der Waals surface area contributed by atoms with Crippen LogP contribution in [0, 0.1) is 0 Å². The van der Waals surface area contributed by atoms with Crippen molar-refractivity contribution < 1.29 is 4.74 Å². The van der Waals surface area contributed by atoms with E-state index < -0.39 is 0 Å². The number of methoxy groups -OCH3 is 1. The van der Waals surface area contributed by atoms with Gasteiger partial charge in [-0.1, -0.05) is 31.9 Å². The van der Waals surface area contributed by atoms with E-state index in [-0.39, 0.29) is 0 Å². The summed E-state index contributed by atoms with van der Waals surface area (Å²) >= 11 is 0. The van der Waals surface area contributed by atoms with Gasteiger partial charge < -0.3 is 10.5 Å². The number of benzene rings is 1. The summed E-state index contributed by atoms with van der Waals surface area (Å²) in [5.41, 5.74) is 7.13. The summed E-state index contributed by atoms with van der Waals surface area (Å²) in [7, 11) is 3.85.